The van der Waals surface area contributed by atoms with Crippen LogP contribution in [0.1, 0.15) is 0 Å². The number of anilines is 1. The van der Waals surface area contributed by atoms with E-state index in [1.54, 1.807) is 12.1 Å². The second-order valence-electron chi connectivity index (χ2n) is 4.04. The third kappa shape index (κ3) is 4.49. The highest BCUT2D eigenvalue weighted by atomic mass is 35.5. The van der Waals surface area contributed by atoms with Gasteiger partial charge >= 0.3 is 0 Å². The van der Waals surface area contributed by atoms with Crippen molar-refractivity contribution in [2.45, 2.75) is 0 Å². The number of carbonyl (C=O) groups is 1. The van der Waals surface area contributed by atoms with Crippen LogP contribution in [0.15, 0.2) is 36.4 Å². The Labute approximate surface area is 135 Å². The van der Waals surface area contributed by atoms with E-state index in [-0.39, 0.29) is 11.6 Å². The third-order valence-corrected chi connectivity index (χ3v) is 3.28. The Bertz CT molecular complexity index is 679. The number of hydrogen-bond acceptors (Lipinski definition) is 2. The molecule has 0 radical (unpaired) electrons. The zero-order valence-corrected chi connectivity index (χ0v) is 12.8. The molecule has 0 aliphatic heterocycles. The topological polar surface area (TPSA) is 38.3 Å². The number of benzene rings is 2. The van der Waals surface area contributed by atoms with Gasteiger partial charge in [0, 0.05) is 10.7 Å². The van der Waals surface area contributed by atoms with Crippen LogP contribution in [0.2, 0.25) is 15.1 Å². The van der Waals surface area contributed by atoms with Crippen LogP contribution in [0.3, 0.4) is 0 Å². The highest BCUT2D eigenvalue weighted by Gasteiger charge is 2.08. The lowest BCUT2D eigenvalue weighted by Gasteiger charge is -2.09. The van der Waals surface area contributed by atoms with Crippen molar-refractivity contribution >= 4 is 46.4 Å². The minimum absolute atomic E-state index is 0.0746. The molecule has 2 aromatic carbocycles. The van der Waals surface area contributed by atoms with E-state index in [4.69, 9.17) is 39.5 Å². The number of nitrogens with one attached hydrogen (secondary N) is 1. The summed E-state index contributed by atoms with van der Waals surface area (Å²) >= 11 is 17.3. The summed E-state index contributed by atoms with van der Waals surface area (Å²) in [6, 6.07) is 8.54. The third-order valence-electron chi connectivity index (χ3n) is 2.46. The fourth-order valence-electron chi connectivity index (χ4n) is 1.51. The van der Waals surface area contributed by atoms with E-state index in [1.807, 2.05) is 0 Å². The van der Waals surface area contributed by atoms with Crippen LogP contribution in [0.25, 0.3) is 0 Å². The Kier molecular flexibility index (Phi) is 5.28. The van der Waals surface area contributed by atoms with Crippen molar-refractivity contribution in [1.29, 1.82) is 0 Å². The van der Waals surface area contributed by atoms with E-state index in [1.165, 1.54) is 18.2 Å². The summed E-state index contributed by atoms with van der Waals surface area (Å²) in [5.74, 6) is -0.643. The first-order chi connectivity index (χ1) is 9.95. The first kappa shape index (κ1) is 15.9. The summed E-state index contributed by atoms with van der Waals surface area (Å²) < 4.78 is 18.3. The van der Waals surface area contributed by atoms with Gasteiger partial charge in [0.05, 0.1) is 10.0 Å². The SMILES string of the molecule is O=C(COc1ccc(Cl)cc1Cl)Nc1ccc(F)c(Cl)c1. The Morgan fingerprint density at radius 2 is 1.86 bits per heavy atom. The molecule has 110 valence electrons. The standard InChI is InChI=1S/C14H9Cl3FNO2/c15-8-1-4-13(11(17)5-8)21-7-14(20)19-9-2-3-12(18)10(16)6-9/h1-6H,7H2,(H,19,20). The molecule has 21 heavy (non-hydrogen) atoms. The Morgan fingerprint density at radius 3 is 2.52 bits per heavy atom. The van der Waals surface area contributed by atoms with Crippen molar-refractivity contribution in [3.63, 3.8) is 0 Å². The van der Waals surface area contributed by atoms with Crippen molar-refractivity contribution in [3.05, 3.63) is 57.3 Å². The van der Waals surface area contributed by atoms with Crippen LogP contribution < -0.4 is 10.1 Å². The molecule has 0 unspecified atom stereocenters. The largest absolute Gasteiger partial charge is 0.482 e. The summed E-state index contributed by atoms with van der Waals surface area (Å²) in [7, 11) is 0. The first-order valence-corrected chi connectivity index (χ1v) is 6.92. The zero-order valence-electron chi connectivity index (χ0n) is 10.5. The van der Waals surface area contributed by atoms with Crippen molar-refractivity contribution in [1.82, 2.24) is 0 Å². The van der Waals surface area contributed by atoms with Gasteiger partial charge in [-0.3, -0.25) is 4.79 Å². The van der Waals surface area contributed by atoms with Crippen LogP contribution in [0, 0.1) is 5.82 Å². The molecular formula is C14H9Cl3FNO2. The van der Waals surface area contributed by atoms with Gasteiger partial charge in [-0.15, -0.1) is 0 Å². The minimum Gasteiger partial charge on any atom is -0.482 e. The lowest BCUT2D eigenvalue weighted by molar-refractivity contribution is -0.118. The van der Waals surface area contributed by atoms with Gasteiger partial charge in [-0.25, -0.2) is 4.39 Å². The zero-order chi connectivity index (χ0) is 15.4. The number of amides is 1. The second kappa shape index (κ2) is 6.98. The van der Waals surface area contributed by atoms with Crippen LogP contribution in [0.5, 0.6) is 5.75 Å². The maximum Gasteiger partial charge on any atom is 0.262 e. The Morgan fingerprint density at radius 1 is 1.10 bits per heavy atom. The minimum atomic E-state index is -0.557. The summed E-state index contributed by atoms with van der Waals surface area (Å²) in [4.78, 5) is 11.7. The molecule has 0 saturated heterocycles. The van der Waals surface area contributed by atoms with Gasteiger partial charge in [0.25, 0.3) is 5.91 Å². The Balaban J connectivity index is 1.94. The average molecular weight is 349 g/mol. The summed E-state index contributed by atoms with van der Waals surface area (Å²) in [5, 5.41) is 3.23. The lowest BCUT2D eigenvalue weighted by atomic mass is 10.3. The van der Waals surface area contributed by atoms with E-state index in [0.717, 1.165) is 6.07 Å². The molecule has 2 aromatic rings. The molecular weight excluding hydrogens is 340 g/mol. The molecule has 3 nitrogen and oxygen atoms in total. The molecule has 0 aromatic heterocycles. The fraction of sp³-hybridized carbons (Fsp3) is 0.0714. The predicted molar refractivity (Wildman–Crippen MR) is 82.0 cm³/mol. The van der Waals surface area contributed by atoms with E-state index < -0.39 is 11.7 Å². The van der Waals surface area contributed by atoms with Crippen molar-refractivity contribution < 1.29 is 13.9 Å². The summed E-state index contributed by atoms with van der Waals surface area (Å²) in [5.41, 5.74) is 0.372. The molecule has 0 saturated carbocycles. The highest BCUT2D eigenvalue weighted by Crippen LogP contribution is 2.27. The van der Waals surface area contributed by atoms with Crippen molar-refractivity contribution in [2.75, 3.05) is 11.9 Å². The number of halogens is 4. The smallest absolute Gasteiger partial charge is 0.262 e. The van der Waals surface area contributed by atoms with E-state index in [9.17, 15) is 9.18 Å². The van der Waals surface area contributed by atoms with Crippen molar-refractivity contribution in [2.24, 2.45) is 0 Å². The van der Waals surface area contributed by atoms with Gasteiger partial charge in [0.2, 0.25) is 0 Å². The van der Waals surface area contributed by atoms with E-state index in [2.05, 4.69) is 5.32 Å². The van der Waals surface area contributed by atoms with Gasteiger partial charge < -0.3 is 10.1 Å². The maximum absolute atomic E-state index is 13.0. The second-order valence-corrected chi connectivity index (χ2v) is 5.29. The van der Waals surface area contributed by atoms with Crippen LogP contribution in [-0.2, 0) is 4.79 Å². The molecule has 7 heteroatoms. The predicted octanol–water partition coefficient (Wildman–Crippen LogP) is 4.80. The lowest BCUT2D eigenvalue weighted by Crippen LogP contribution is -2.20. The number of rotatable bonds is 4. The van der Waals surface area contributed by atoms with Crippen LogP contribution >= 0.6 is 34.8 Å². The molecule has 0 spiro atoms. The summed E-state index contributed by atoms with van der Waals surface area (Å²) in [6.45, 7) is -0.254. The van der Waals surface area contributed by atoms with Crippen molar-refractivity contribution in [3.8, 4) is 5.75 Å². The molecule has 0 atom stereocenters. The van der Waals surface area contributed by atoms with E-state index in [0.29, 0.717) is 21.5 Å². The van der Waals surface area contributed by atoms with Gasteiger partial charge in [-0.1, -0.05) is 34.8 Å². The molecule has 0 fully saturated rings. The molecule has 2 rings (SSSR count). The van der Waals surface area contributed by atoms with Gasteiger partial charge in [0.15, 0.2) is 6.61 Å². The normalized spacial score (nSPS) is 10.3. The van der Waals surface area contributed by atoms with Gasteiger partial charge in [-0.05, 0) is 36.4 Å². The molecule has 0 aliphatic carbocycles. The Hall–Kier alpha value is -1.49. The highest BCUT2D eigenvalue weighted by molar-refractivity contribution is 6.35. The monoisotopic (exact) mass is 347 g/mol. The number of ether oxygens (including phenoxy) is 1. The molecule has 0 heterocycles. The van der Waals surface area contributed by atoms with E-state index >= 15 is 0 Å². The fourth-order valence-corrected chi connectivity index (χ4v) is 2.15. The first-order valence-electron chi connectivity index (χ1n) is 5.78. The molecule has 0 aliphatic rings. The number of carbonyl (C=O) groups excluding carboxylic acids is 1. The quantitative estimate of drug-likeness (QED) is 0.861. The van der Waals surface area contributed by atoms with Gasteiger partial charge in [-0.2, -0.15) is 0 Å². The average Bonchev–Trinajstić information content (AvgIpc) is 2.42. The van der Waals surface area contributed by atoms with Crippen LogP contribution in [0.4, 0.5) is 10.1 Å². The van der Waals surface area contributed by atoms with Crippen LogP contribution in [-0.4, -0.2) is 12.5 Å². The molecule has 1 N–H and O–H groups in total. The number of hydrogen-bond donors (Lipinski definition) is 1. The summed E-state index contributed by atoms with van der Waals surface area (Å²) in [6.07, 6.45) is 0. The molecule has 1 amide bonds. The maximum atomic E-state index is 13.0. The van der Waals surface area contributed by atoms with Gasteiger partial charge in [0.1, 0.15) is 11.6 Å². The molecule has 0 bridgehead atoms.